The molecule has 1 atom stereocenters. The summed E-state index contributed by atoms with van der Waals surface area (Å²) in [6.07, 6.45) is -3.25. The Hall–Kier alpha value is -2.65. The summed E-state index contributed by atoms with van der Waals surface area (Å²) in [4.78, 5) is 16.8. The van der Waals surface area contributed by atoms with E-state index in [1.807, 2.05) is 15.9 Å². The standard InChI is InChI=1S/C24H27F4N3O2/c25-19-5-1-3-17(13-19)15-30-8-2-4-18(16-30)23(32)29-22-7-6-20(14-21(22)24(26,27)28)31-9-11-33-12-10-31/h1,3,5-7,13-14,18H,2,4,8-12,15-16H2,(H,29,32). The fraction of sp³-hybridized carbons (Fsp3) is 0.458. The van der Waals surface area contributed by atoms with E-state index in [-0.39, 0.29) is 11.5 Å². The summed E-state index contributed by atoms with van der Waals surface area (Å²) < 4.78 is 60.1. The van der Waals surface area contributed by atoms with Crippen LogP contribution in [0.5, 0.6) is 0 Å². The number of carbonyl (C=O) groups excluding carboxylic acids is 1. The number of morpholine rings is 1. The van der Waals surface area contributed by atoms with Crippen molar-refractivity contribution in [1.82, 2.24) is 4.90 Å². The van der Waals surface area contributed by atoms with Crippen molar-refractivity contribution in [3.8, 4) is 0 Å². The lowest BCUT2D eigenvalue weighted by atomic mass is 9.96. The number of anilines is 2. The van der Waals surface area contributed by atoms with Gasteiger partial charge in [-0.05, 0) is 55.3 Å². The van der Waals surface area contributed by atoms with Crippen LogP contribution < -0.4 is 10.2 Å². The third-order valence-electron chi connectivity index (χ3n) is 6.11. The lowest BCUT2D eigenvalue weighted by molar-refractivity contribution is -0.137. The highest BCUT2D eigenvalue weighted by molar-refractivity contribution is 5.94. The smallest absolute Gasteiger partial charge is 0.378 e. The molecule has 1 amide bonds. The molecular weight excluding hydrogens is 438 g/mol. The minimum absolute atomic E-state index is 0.230. The molecule has 2 saturated heterocycles. The van der Waals surface area contributed by atoms with E-state index in [2.05, 4.69) is 5.32 Å². The molecule has 0 aliphatic carbocycles. The minimum Gasteiger partial charge on any atom is -0.378 e. The first kappa shape index (κ1) is 23.5. The van der Waals surface area contributed by atoms with Crippen molar-refractivity contribution in [1.29, 1.82) is 0 Å². The van der Waals surface area contributed by atoms with Crippen LogP contribution in [-0.4, -0.2) is 50.2 Å². The molecule has 9 heteroatoms. The second kappa shape index (κ2) is 10.1. The topological polar surface area (TPSA) is 44.8 Å². The second-order valence-corrected chi connectivity index (χ2v) is 8.52. The van der Waals surface area contributed by atoms with E-state index >= 15 is 0 Å². The number of piperidine rings is 1. The van der Waals surface area contributed by atoms with Gasteiger partial charge in [0, 0.05) is 31.9 Å². The lowest BCUT2D eigenvalue weighted by Gasteiger charge is -2.32. The van der Waals surface area contributed by atoms with Gasteiger partial charge in [-0.3, -0.25) is 9.69 Å². The molecule has 1 N–H and O–H groups in total. The van der Waals surface area contributed by atoms with Gasteiger partial charge >= 0.3 is 6.18 Å². The third-order valence-corrected chi connectivity index (χ3v) is 6.11. The average Bonchev–Trinajstić information content (AvgIpc) is 2.79. The van der Waals surface area contributed by atoms with Gasteiger partial charge in [-0.15, -0.1) is 0 Å². The Morgan fingerprint density at radius 1 is 1.09 bits per heavy atom. The van der Waals surface area contributed by atoms with Gasteiger partial charge in [0.2, 0.25) is 5.91 Å². The zero-order valence-corrected chi connectivity index (χ0v) is 18.2. The Morgan fingerprint density at radius 2 is 1.88 bits per heavy atom. The number of nitrogens with zero attached hydrogens (tertiary/aromatic N) is 2. The Kier molecular flexibility index (Phi) is 7.19. The zero-order valence-electron chi connectivity index (χ0n) is 18.2. The number of alkyl halides is 3. The Morgan fingerprint density at radius 3 is 2.61 bits per heavy atom. The molecule has 33 heavy (non-hydrogen) atoms. The van der Waals surface area contributed by atoms with Gasteiger partial charge in [-0.25, -0.2) is 4.39 Å². The number of carbonyl (C=O) groups is 1. The predicted molar refractivity (Wildman–Crippen MR) is 118 cm³/mol. The largest absolute Gasteiger partial charge is 0.418 e. The molecule has 0 spiro atoms. The average molecular weight is 465 g/mol. The van der Waals surface area contributed by atoms with E-state index in [0.29, 0.717) is 51.5 Å². The SMILES string of the molecule is O=C(Nc1ccc(N2CCOCC2)cc1C(F)(F)F)C1CCCN(Cc2cccc(F)c2)C1. The molecule has 2 aliphatic heterocycles. The van der Waals surface area contributed by atoms with Crippen molar-refractivity contribution in [2.75, 3.05) is 49.6 Å². The monoisotopic (exact) mass is 465 g/mol. The first-order valence-corrected chi connectivity index (χ1v) is 11.1. The summed E-state index contributed by atoms with van der Waals surface area (Å²) in [5.74, 6) is -1.19. The molecule has 2 fully saturated rings. The van der Waals surface area contributed by atoms with Crippen molar-refractivity contribution in [2.24, 2.45) is 5.92 Å². The third kappa shape index (κ3) is 6.03. The van der Waals surface area contributed by atoms with Crippen LogP contribution >= 0.6 is 0 Å². The number of nitrogens with one attached hydrogen (secondary N) is 1. The van der Waals surface area contributed by atoms with E-state index in [1.54, 1.807) is 12.1 Å². The van der Waals surface area contributed by atoms with Crippen LogP contribution in [-0.2, 0) is 22.3 Å². The molecule has 0 radical (unpaired) electrons. The van der Waals surface area contributed by atoms with Crippen LogP contribution in [0.15, 0.2) is 42.5 Å². The second-order valence-electron chi connectivity index (χ2n) is 8.52. The lowest BCUT2D eigenvalue weighted by Crippen LogP contribution is -2.40. The Balaban J connectivity index is 1.45. The summed E-state index contributed by atoms with van der Waals surface area (Å²) >= 11 is 0. The van der Waals surface area contributed by atoms with Crippen molar-refractivity contribution in [3.63, 3.8) is 0 Å². The number of benzene rings is 2. The Bertz CT molecular complexity index is 976. The molecule has 2 aromatic carbocycles. The van der Waals surface area contributed by atoms with Crippen molar-refractivity contribution >= 4 is 17.3 Å². The highest BCUT2D eigenvalue weighted by Crippen LogP contribution is 2.38. The van der Waals surface area contributed by atoms with Gasteiger partial charge in [0.05, 0.1) is 30.4 Å². The molecule has 0 aromatic heterocycles. The fourth-order valence-electron chi connectivity index (χ4n) is 4.44. The highest BCUT2D eigenvalue weighted by atomic mass is 19.4. The zero-order chi connectivity index (χ0) is 23.4. The molecule has 2 aliphatic rings. The summed E-state index contributed by atoms with van der Waals surface area (Å²) in [5, 5.41) is 2.52. The van der Waals surface area contributed by atoms with E-state index in [4.69, 9.17) is 4.74 Å². The predicted octanol–water partition coefficient (Wildman–Crippen LogP) is 4.53. The van der Waals surface area contributed by atoms with Crippen molar-refractivity contribution < 1.29 is 27.1 Å². The van der Waals surface area contributed by atoms with E-state index in [0.717, 1.165) is 24.6 Å². The van der Waals surface area contributed by atoms with E-state index < -0.39 is 23.6 Å². The van der Waals surface area contributed by atoms with Crippen molar-refractivity contribution in [3.05, 3.63) is 59.4 Å². The molecule has 178 valence electrons. The maximum Gasteiger partial charge on any atom is 0.418 e. The van der Waals surface area contributed by atoms with Crippen LogP contribution in [0.3, 0.4) is 0 Å². The van der Waals surface area contributed by atoms with Crippen LogP contribution in [0.2, 0.25) is 0 Å². The molecule has 5 nitrogen and oxygen atoms in total. The molecule has 0 bridgehead atoms. The van der Waals surface area contributed by atoms with Crippen LogP contribution in [0.4, 0.5) is 28.9 Å². The number of amides is 1. The maximum absolute atomic E-state index is 13.8. The molecule has 4 rings (SSSR count). The normalized spacial score (nSPS) is 20.0. The molecular formula is C24H27F4N3O2. The summed E-state index contributed by atoms with van der Waals surface area (Å²) in [6, 6.07) is 10.3. The quantitative estimate of drug-likeness (QED) is 0.659. The van der Waals surface area contributed by atoms with Gasteiger partial charge in [0.25, 0.3) is 0 Å². The summed E-state index contributed by atoms with van der Waals surface area (Å²) in [6.45, 7) is 3.63. The fourth-order valence-corrected chi connectivity index (χ4v) is 4.44. The van der Waals surface area contributed by atoms with Gasteiger partial charge < -0.3 is 15.0 Å². The molecule has 0 saturated carbocycles. The van der Waals surface area contributed by atoms with E-state index in [1.165, 1.54) is 18.2 Å². The van der Waals surface area contributed by atoms with Gasteiger partial charge in [0.1, 0.15) is 5.82 Å². The highest BCUT2D eigenvalue weighted by Gasteiger charge is 2.36. The van der Waals surface area contributed by atoms with E-state index in [9.17, 15) is 22.4 Å². The maximum atomic E-state index is 13.8. The first-order chi connectivity index (χ1) is 15.8. The number of rotatable bonds is 5. The number of ether oxygens (including phenoxy) is 1. The van der Waals surface area contributed by atoms with Crippen LogP contribution in [0, 0.1) is 11.7 Å². The van der Waals surface area contributed by atoms with Gasteiger partial charge in [-0.2, -0.15) is 13.2 Å². The number of likely N-dealkylation sites (tertiary alicyclic amines) is 1. The van der Waals surface area contributed by atoms with Crippen LogP contribution in [0.1, 0.15) is 24.0 Å². The van der Waals surface area contributed by atoms with Crippen LogP contribution in [0.25, 0.3) is 0 Å². The van der Waals surface area contributed by atoms with Crippen molar-refractivity contribution in [2.45, 2.75) is 25.6 Å². The minimum atomic E-state index is -4.60. The Labute approximate surface area is 190 Å². The van der Waals surface area contributed by atoms with Gasteiger partial charge in [0.15, 0.2) is 0 Å². The molecule has 2 aromatic rings. The van der Waals surface area contributed by atoms with Gasteiger partial charge in [-0.1, -0.05) is 12.1 Å². The molecule has 1 unspecified atom stereocenters. The number of hydrogen-bond donors (Lipinski definition) is 1. The number of halogens is 4. The summed E-state index contributed by atoms with van der Waals surface area (Å²) in [5.41, 5.74) is 0.177. The number of hydrogen-bond acceptors (Lipinski definition) is 4. The summed E-state index contributed by atoms with van der Waals surface area (Å²) in [7, 11) is 0. The first-order valence-electron chi connectivity index (χ1n) is 11.1. The molecule has 2 heterocycles.